The highest BCUT2D eigenvalue weighted by molar-refractivity contribution is 7.90. The van der Waals surface area contributed by atoms with Crippen molar-refractivity contribution in [1.29, 1.82) is 0 Å². The molecule has 3 aliphatic carbocycles. The summed E-state index contributed by atoms with van der Waals surface area (Å²) in [7, 11) is -1.31. The zero-order valence-electron chi connectivity index (χ0n) is 40.6. The third kappa shape index (κ3) is 11.4. The van der Waals surface area contributed by atoms with Gasteiger partial charge in [0.2, 0.25) is 15.9 Å². The number of benzene rings is 1. The van der Waals surface area contributed by atoms with Gasteiger partial charge in [-0.15, -0.1) is 0 Å². The van der Waals surface area contributed by atoms with Gasteiger partial charge in [0, 0.05) is 125 Å². The van der Waals surface area contributed by atoms with Crippen molar-refractivity contribution >= 4 is 15.9 Å². The highest BCUT2D eigenvalue weighted by atomic mass is 32.2. The molecule has 0 radical (unpaired) electrons. The number of alkyl halides is 1. The fraction of sp³-hybridized carbons (Fsp3) is 0.857. The summed E-state index contributed by atoms with van der Waals surface area (Å²) in [6.45, 7) is 27.0. The molecule has 9 fully saturated rings. The predicted octanol–water partition coefficient (Wildman–Crippen LogP) is 5.66. The first-order chi connectivity index (χ1) is 30.0. The van der Waals surface area contributed by atoms with Crippen LogP contribution in [0.1, 0.15) is 125 Å². The van der Waals surface area contributed by atoms with Crippen LogP contribution in [-0.2, 0) is 21.4 Å². The number of amides is 1. The van der Waals surface area contributed by atoms with E-state index < -0.39 is 10.0 Å². The molecule has 12 nitrogen and oxygen atoms in total. The molecule has 1 aromatic carbocycles. The Morgan fingerprint density at radius 1 is 0.714 bits per heavy atom. The number of carbonyl (C=O) groups is 1. The van der Waals surface area contributed by atoms with Gasteiger partial charge in [-0.05, 0) is 137 Å². The molecule has 1 aromatic rings. The smallest absolute Gasteiger partial charge is 0.237 e. The van der Waals surface area contributed by atoms with Gasteiger partial charge < -0.3 is 15.0 Å². The van der Waals surface area contributed by atoms with Gasteiger partial charge in [-0.1, -0.05) is 12.1 Å². The Labute approximate surface area is 381 Å². The lowest BCUT2D eigenvalue weighted by molar-refractivity contribution is -0.137. The van der Waals surface area contributed by atoms with Crippen LogP contribution in [0.25, 0.3) is 0 Å². The van der Waals surface area contributed by atoms with Crippen LogP contribution in [0.15, 0.2) is 24.3 Å². The summed E-state index contributed by atoms with van der Waals surface area (Å²) < 4.78 is 43.7. The number of ether oxygens (including phenoxy) is 1. The molecule has 10 rings (SSSR count). The average molecular weight is 901 g/mol. The van der Waals surface area contributed by atoms with E-state index in [1.807, 2.05) is 29.2 Å². The van der Waals surface area contributed by atoms with E-state index in [0.717, 1.165) is 100 Å². The molecule has 4 bridgehead atoms. The van der Waals surface area contributed by atoms with Crippen LogP contribution in [-0.4, -0.2) is 192 Å². The van der Waals surface area contributed by atoms with Crippen LogP contribution in [0.2, 0.25) is 0 Å². The summed E-state index contributed by atoms with van der Waals surface area (Å²) in [5.74, 6) is 1.07. The molecule has 2 spiro atoms. The molecule has 14 heteroatoms. The Hall–Kier alpha value is -1.91. The molecule has 6 heterocycles. The van der Waals surface area contributed by atoms with Gasteiger partial charge in [-0.25, -0.2) is 12.8 Å². The SMILES string of the molecule is CC(C)N1C2CCC1C1CCC2N1.CC(C)N1CCN(CCF)CC12CC2.CC(C)N1CCN(S(=O)(=O)C2CC2)CC12CC2.COc1ccc(CN2CCN(C(C)C)CC2=O)cc1. The first-order valence-corrected chi connectivity index (χ1v) is 26.5. The number of fused-ring (bicyclic) bond motifs is 6. The number of methoxy groups -OCH3 is 1. The van der Waals surface area contributed by atoms with Crippen molar-refractivity contribution in [3.05, 3.63) is 29.8 Å². The number of halogens is 1. The van der Waals surface area contributed by atoms with Gasteiger partial charge in [0.1, 0.15) is 12.4 Å². The molecular formula is C49H85FN8O4S. The van der Waals surface area contributed by atoms with Crippen molar-refractivity contribution in [3.8, 4) is 5.75 Å². The summed E-state index contributed by atoms with van der Waals surface area (Å²) in [6, 6.07) is 13.6. The predicted molar refractivity (Wildman–Crippen MR) is 252 cm³/mol. The lowest BCUT2D eigenvalue weighted by Crippen LogP contribution is -2.60. The topological polar surface area (TPSA) is 95.2 Å². The lowest BCUT2D eigenvalue weighted by Gasteiger charge is -2.44. The third-order valence-electron chi connectivity index (χ3n) is 15.9. The van der Waals surface area contributed by atoms with E-state index in [9.17, 15) is 17.6 Å². The Morgan fingerprint density at radius 2 is 1.29 bits per heavy atom. The summed E-state index contributed by atoms with van der Waals surface area (Å²) in [5.41, 5.74) is 1.77. The van der Waals surface area contributed by atoms with Crippen LogP contribution >= 0.6 is 0 Å². The van der Waals surface area contributed by atoms with E-state index in [1.54, 1.807) is 11.4 Å². The van der Waals surface area contributed by atoms with Crippen LogP contribution < -0.4 is 10.1 Å². The molecule has 6 aliphatic heterocycles. The summed E-state index contributed by atoms with van der Waals surface area (Å²) in [4.78, 5) is 26.4. The van der Waals surface area contributed by atoms with Crippen molar-refractivity contribution in [3.63, 3.8) is 0 Å². The van der Waals surface area contributed by atoms with Crippen molar-refractivity contribution in [2.24, 2.45) is 0 Å². The second-order valence-corrected chi connectivity index (χ2v) is 23.7. The molecular weight excluding hydrogens is 816 g/mol. The molecule has 4 unspecified atom stereocenters. The Bertz CT molecular complexity index is 1730. The van der Waals surface area contributed by atoms with E-state index in [1.165, 1.54) is 51.4 Å². The number of nitrogens with zero attached hydrogens (tertiary/aromatic N) is 7. The minimum absolute atomic E-state index is 0.0519. The van der Waals surface area contributed by atoms with Gasteiger partial charge in [0.25, 0.3) is 0 Å². The minimum Gasteiger partial charge on any atom is -0.497 e. The second kappa shape index (κ2) is 20.5. The zero-order valence-corrected chi connectivity index (χ0v) is 41.4. The number of piperazine rings is 4. The van der Waals surface area contributed by atoms with Crippen molar-refractivity contribution in [2.75, 3.05) is 79.2 Å². The van der Waals surface area contributed by atoms with Crippen LogP contribution in [0.3, 0.4) is 0 Å². The maximum atomic E-state index is 12.3. The van der Waals surface area contributed by atoms with E-state index in [0.29, 0.717) is 49.8 Å². The highest BCUT2D eigenvalue weighted by Gasteiger charge is 2.56. The Morgan fingerprint density at radius 3 is 1.76 bits per heavy atom. The minimum atomic E-state index is -2.96. The third-order valence-corrected chi connectivity index (χ3v) is 18.3. The van der Waals surface area contributed by atoms with Gasteiger partial charge in [-0.3, -0.25) is 29.3 Å². The molecule has 63 heavy (non-hydrogen) atoms. The standard InChI is InChI=1S/C15H22N2O2.C12H22N2O2S.C11H21FN2.C11H20N2/c1-12(2)16-8-9-17(15(18)11-16)10-13-4-6-14(19-3)7-5-13;1-10(2)14-8-7-13(9-12(14)5-6-12)17(15,16)11-3-4-11;1-10(2)14-8-7-13(6-5-12)9-11(14)3-4-11;1-7(2)13-10-5-6-11(13)9-4-3-8(10)12-9/h4-7,12H,8-11H2,1-3H3;10-11H,3-9H2,1-2H3;10H,3-9H2,1-2H3;7-12H,3-6H2,1-2H3. The Balaban J connectivity index is 0.000000127. The quantitative estimate of drug-likeness (QED) is 0.300. The van der Waals surface area contributed by atoms with Crippen molar-refractivity contribution in [1.82, 2.24) is 39.0 Å². The maximum Gasteiger partial charge on any atom is 0.237 e. The fourth-order valence-corrected chi connectivity index (χ4v) is 14.0. The van der Waals surface area contributed by atoms with Crippen LogP contribution in [0.4, 0.5) is 4.39 Å². The summed E-state index contributed by atoms with van der Waals surface area (Å²) >= 11 is 0. The lowest BCUT2D eigenvalue weighted by atomic mass is 10.0. The van der Waals surface area contributed by atoms with E-state index in [4.69, 9.17) is 4.74 Å². The fourth-order valence-electron chi connectivity index (χ4n) is 12.1. The monoisotopic (exact) mass is 901 g/mol. The molecule has 1 N–H and O–H groups in total. The van der Waals surface area contributed by atoms with Gasteiger partial charge in [-0.2, -0.15) is 4.31 Å². The number of rotatable bonds is 11. The molecule has 358 valence electrons. The average Bonchev–Trinajstić information content (AvgIpc) is 4.21. The maximum absolute atomic E-state index is 12.3. The van der Waals surface area contributed by atoms with Crippen LogP contribution in [0, 0.1) is 0 Å². The van der Waals surface area contributed by atoms with Gasteiger partial charge in [0.05, 0.1) is 18.9 Å². The first kappa shape index (κ1) is 49.0. The molecule has 3 saturated carbocycles. The van der Waals surface area contributed by atoms with Gasteiger partial charge in [0.15, 0.2) is 0 Å². The summed E-state index contributed by atoms with van der Waals surface area (Å²) in [5, 5.41) is 3.74. The number of hydrogen-bond donors (Lipinski definition) is 1. The van der Waals surface area contributed by atoms with Gasteiger partial charge >= 0.3 is 0 Å². The highest BCUT2D eigenvalue weighted by Crippen LogP contribution is 2.47. The normalized spacial score (nSPS) is 29.5. The number of nitrogens with one attached hydrogen (secondary N) is 1. The second-order valence-electron chi connectivity index (χ2n) is 21.5. The number of carbonyl (C=O) groups excluding carboxylic acids is 1. The molecule has 1 amide bonds. The first-order valence-electron chi connectivity index (χ1n) is 25.0. The molecule has 6 saturated heterocycles. The van der Waals surface area contributed by atoms with E-state index >= 15 is 0 Å². The van der Waals surface area contributed by atoms with E-state index in [2.05, 4.69) is 85.2 Å². The zero-order chi connectivity index (χ0) is 45.3. The molecule has 4 atom stereocenters. The molecule has 0 aromatic heterocycles. The Kier molecular flexibility index (Phi) is 16.0. The number of sulfonamides is 1. The summed E-state index contributed by atoms with van der Waals surface area (Å²) in [6.07, 6.45) is 12.4. The van der Waals surface area contributed by atoms with Crippen molar-refractivity contribution in [2.45, 2.75) is 191 Å². The molecule has 9 aliphatic rings. The number of hydrogen-bond acceptors (Lipinski definition) is 10. The van der Waals surface area contributed by atoms with E-state index in [-0.39, 0.29) is 23.4 Å². The van der Waals surface area contributed by atoms with Crippen LogP contribution in [0.5, 0.6) is 5.75 Å². The largest absolute Gasteiger partial charge is 0.497 e. The van der Waals surface area contributed by atoms with Crippen molar-refractivity contribution < 1.29 is 22.3 Å².